The molecular formula is C15H34Cl4O2. The Labute approximate surface area is 152 Å². The van der Waals surface area contributed by atoms with Crippen molar-refractivity contribution in [2.24, 2.45) is 11.3 Å². The molecule has 0 radical (unpaired) electrons. The molecule has 0 spiro atoms. The van der Waals surface area contributed by atoms with E-state index in [1.54, 1.807) is 0 Å². The van der Waals surface area contributed by atoms with E-state index >= 15 is 0 Å². The lowest BCUT2D eigenvalue weighted by Crippen LogP contribution is -2.08. The number of hydrogen-bond donors (Lipinski definition) is 1. The van der Waals surface area contributed by atoms with Crippen LogP contribution in [0.25, 0.3) is 0 Å². The van der Waals surface area contributed by atoms with Crippen LogP contribution < -0.4 is 0 Å². The second kappa shape index (κ2) is 21.1. The maximum absolute atomic E-state index is 7.00. The molecule has 2 nitrogen and oxygen atoms in total. The van der Waals surface area contributed by atoms with Crippen molar-refractivity contribution in [2.75, 3.05) is 20.3 Å². The second-order valence-corrected chi connectivity index (χ2v) is 7.94. The average Bonchev–Trinajstić information content (AvgIpc) is 2.30. The summed E-state index contributed by atoms with van der Waals surface area (Å²) in [6.07, 6.45) is 1.33. The van der Waals surface area contributed by atoms with Gasteiger partial charge in [0.15, 0.2) is 0 Å². The minimum atomic E-state index is -0.673. The van der Waals surface area contributed by atoms with Crippen LogP contribution in [0.5, 0.6) is 0 Å². The SMILES string of the molecule is CC(C)CC(C)(C)C.CCOCC.CO.ClC(Cl)C(Cl)Cl. The lowest BCUT2D eigenvalue weighted by Gasteiger charge is -2.19. The van der Waals surface area contributed by atoms with Crippen LogP contribution in [0, 0.1) is 11.3 Å². The van der Waals surface area contributed by atoms with Gasteiger partial charge >= 0.3 is 0 Å². The fraction of sp³-hybridized carbons (Fsp3) is 1.00. The lowest BCUT2D eigenvalue weighted by atomic mass is 9.86. The molecule has 0 amide bonds. The van der Waals surface area contributed by atoms with E-state index in [0.717, 1.165) is 26.2 Å². The topological polar surface area (TPSA) is 29.5 Å². The van der Waals surface area contributed by atoms with E-state index in [1.807, 2.05) is 13.8 Å². The molecule has 0 atom stereocenters. The first-order valence-corrected chi connectivity index (χ1v) is 8.81. The summed E-state index contributed by atoms with van der Waals surface area (Å²) in [5.41, 5.74) is 0.522. The molecule has 0 aliphatic heterocycles. The number of ether oxygens (including phenoxy) is 1. The van der Waals surface area contributed by atoms with Gasteiger partial charge in [0, 0.05) is 20.3 Å². The van der Waals surface area contributed by atoms with Crippen molar-refractivity contribution >= 4 is 46.4 Å². The van der Waals surface area contributed by atoms with Crippen LogP contribution in [0.3, 0.4) is 0 Å². The molecule has 0 aromatic rings. The lowest BCUT2D eigenvalue weighted by molar-refractivity contribution is 0.162. The van der Waals surface area contributed by atoms with Crippen molar-refractivity contribution in [3.8, 4) is 0 Å². The monoisotopic (exact) mass is 386 g/mol. The second-order valence-electron chi connectivity index (χ2n) is 5.61. The normalized spacial score (nSPS) is 10.3. The Kier molecular flexibility index (Phi) is 30.1. The van der Waals surface area contributed by atoms with E-state index in [2.05, 4.69) is 34.6 Å². The fourth-order valence-corrected chi connectivity index (χ4v) is 1.43. The highest BCUT2D eigenvalue weighted by Gasteiger charge is 2.11. The number of hydrogen-bond acceptors (Lipinski definition) is 2. The van der Waals surface area contributed by atoms with E-state index in [-0.39, 0.29) is 0 Å². The first-order valence-electron chi connectivity index (χ1n) is 7.06. The zero-order valence-electron chi connectivity index (χ0n) is 14.7. The Morgan fingerprint density at radius 3 is 1.14 bits per heavy atom. The van der Waals surface area contributed by atoms with Crippen LogP contribution in [-0.4, -0.2) is 35.1 Å². The van der Waals surface area contributed by atoms with Crippen LogP contribution in [0.15, 0.2) is 0 Å². The fourth-order valence-electron chi connectivity index (χ4n) is 1.43. The summed E-state index contributed by atoms with van der Waals surface area (Å²) in [7, 11) is 1.00. The molecule has 0 aromatic carbocycles. The maximum atomic E-state index is 7.00. The van der Waals surface area contributed by atoms with E-state index < -0.39 is 9.67 Å². The van der Waals surface area contributed by atoms with Gasteiger partial charge in [0.25, 0.3) is 0 Å². The molecule has 0 saturated carbocycles. The maximum Gasteiger partial charge on any atom is 0.137 e. The largest absolute Gasteiger partial charge is 0.400 e. The highest BCUT2D eigenvalue weighted by molar-refractivity contribution is 6.56. The zero-order valence-corrected chi connectivity index (χ0v) is 17.7. The number of halogens is 4. The summed E-state index contributed by atoms with van der Waals surface area (Å²) in [6.45, 7) is 17.1. The quantitative estimate of drug-likeness (QED) is 0.571. The smallest absolute Gasteiger partial charge is 0.137 e. The molecule has 134 valence electrons. The Morgan fingerprint density at radius 1 is 0.857 bits per heavy atom. The molecule has 0 aliphatic rings. The van der Waals surface area contributed by atoms with Gasteiger partial charge in [-0.1, -0.05) is 34.6 Å². The van der Waals surface area contributed by atoms with Gasteiger partial charge < -0.3 is 9.84 Å². The third-order valence-electron chi connectivity index (χ3n) is 1.62. The van der Waals surface area contributed by atoms with Gasteiger partial charge in [-0.2, -0.15) is 0 Å². The zero-order chi connectivity index (χ0) is 18.1. The highest BCUT2D eigenvalue weighted by Crippen LogP contribution is 2.23. The summed E-state index contributed by atoms with van der Waals surface area (Å²) in [5.74, 6) is 0.843. The average molecular weight is 388 g/mol. The van der Waals surface area contributed by atoms with Gasteiger partial charge in [-0.25, -0.2) is 0 Å². The van der Waals surface area contributed by atoms with Gasteiger partial charge in [0.2, 0.25) is 0 Å². The highest BCUT2D eigenvalue weighted by atomic mass is 35.5. The summed E-state index contributed by atoms with van der Waals surface area (Å²) in [5, 5.41) is 7.00. The Hall–Kier alpha value is 1.08. The first kappa shape index (κ1) is 30.0. The van der Waals surface area contributed by atoms with E-state index in [1.165, 1.54) is 6.42 Å². The molecule has 0 heterocycles. The number of aliphatic hydroxyl groups is 1. The summed E-state index contributed by atoms with van der Waals surface area (Å²) in [4.78, 5) is -1.35. The van der Waals surface area contributed by atoms with Crippen LogP contribution in [0.4, 0.5) is 0 Å². The van der Waals surface area contributed by atoms with E-state index in [9.17, 15) is 0 Å². The van der Waals surface area contributed by atoms with Crippen LogP contribution >= 0.6 is 46.4 Å². The van der Waals surface area contributed by atoms with Crippen LogP contribution in [0.2, 0.25) is 0 Å². The molecule has 6 heteroatoms. The molecule has 0 aromatic heterocycles. The van der Waals surface area contributed by atoms with Crippen molar-refractivity contribution in [1.82, 2.24) is 0 Å². The third-order valence-corrected chi connectivity index (χ3v) is 3.14. The van der Waals surface area contributed by atoms with Crippen molar-refractivity contribution in [2.45, 2.75) is 64.6 Å². The summed E-state index contributed by atoms with van der Waals surface area (Å²) < 4.78 is 4.83. The predicted molar refractivity (Wildman–Crippen MR) is 100 cm³/mol. The van der Waals surface area contributed by atoms with Crippen LogP contribution in [0.1, 0.15) is 54.9 Å². The molecular weight excluding hydrogens is 354 g/mol. The number of rotatable bonds is 4. The standard InChI is InChI=1S/C8H18.C4H10O.C2H2Cl4.CH4O/c1-7(2)6-8(3,4)5;1-3-5-4-2;3-1(4)2(5)6;1-2/h7H,6H2,1-5H3;3-4H2,1-2H3;1-2H;2H,1H3. The minimum absolute atomic E-state index is 0.522. The van der Waals surface area contributed by atoms with Gasteiger partial charge in [0.1, 0.15) is 9.67 Å². The molecule has 1 N–H and O–H groups in total. The van der Waals surface area contributed by atoms with Crippen molar-refractivity contribution in [1.29, 1.82) is 0 Å². The molecule has 0 bridgehead atoms. The van der Waals surface area contributed by atoms with Gasteiger partial charge in [-0.15, -0.1) is 46.4 Å². The van der Waals surface area contributed by atoms with Gasteiger partial charge in [0.05, 0.1) is 0 Å². The molecule has 0 rings (SSSR count). The van der Waals surface area contributed by atoms with E-state index in [4.69, 9.17) is 56.2 Å². The van der Waals surface area contributed by atoms with Crippen molar-refractivity contribution in [3.05, 3.63) is 0 Å². The van der Waals surface area contributed by atoms with Gasteiger partial charge in [-0.05, 0) is 31.6 Å². The molecule has 21 heavy (non-hydrogen) atoms. The molecule has 0 fully saturated rings. The molecule has 0 unspecified atom stereocenters. The van der Waals surface area contributed by atoms with E-state index in [0.29, 0.717) is 5.41 Å². The predicted octanol–water partition coefficient (Wildman–Crippen LogP) is 6.32. The Morgan fingerprint density at radius 2 is 1.14 bits per heavy atom. The number of aliphatic hydroxyl groups excluding tert-OH is 1. The minimum Gasteiger partial charge on any atom is -0.400 e. The Bertz CT molecular complexity index is 162. The third kappa shape index (κ3) is 52.6. The summed E-state index contributed by atoms with van der Waals surface area (Å²) in [6, 6.07) is 0. The first-order chi connectivity index (χ1) is 9.47. The van der Waals surface area contributed by atoms with Crippen molar-refractivity contribution < 1.29 is 9.84 Å². The summed E-state index contributed by atoms with van der Waals surface area (Å²) >= 11 is 20.5. The number of alkyl halides is 4. The molecule has 0 saturated heterocycles. The molecule has 0 aliphatic carbocycles. The Balaban J connectivity index is -0.0000000998. The van der Waals surface area contributed by atoms with Crippen molar-refractivity contribution in [3.63, 3.8) is 0 Å². The van der Waals surface area contributed by atoms with Gasteiger partial charge in [-0.3, -0.25) is 0 Å². The van der Waals surface area contributed by atoms with Crippen LogP contribution in [-0.2, 0) is 4.74 Å².